The number of carbonyl (C=O) groups is 1. The Labute approximate surface area is 222 Å². The zero-order valence-corrected chi connectivity index (χ0v) is 21.0. The lowest BCUT2D eigenvalue weighted by atomic mass is 9.89. The standard InChI is InChI=1S/C28H27F2N5O4/c29-20-6-1-5-19(23(20)30)17-14-16-4-2-10-31-24(16)25(22(36)15-17)39-28(38)34-12-8-18(9-13-34)35-21-7-3-11-32-26(21)33-27(35)37/h1-7,10-11,17-18,22,25,36H,8-9,12-15H2,(H,32,33,37)/t17-,22+,25+/m0/s1. The predicted octanol–water partition coefficient (Wildman–Crippen LogP) is 4.00. The van der Waals surface area contributed by atoms with Crippen LogP contribution in [0, 0.1) is 11.6 Å². The van der Waals surface area contributed by atoms with Gasteiger partial charge in [0, 0.05) is 31.5 Å². The van der Waals surface area contributed by atoms with Gasteiger partial charge in [0.1, 0.15) is 0 Å². The number of aliphatic hydroxyl groups is 1. The first-order valence-corrected chi connectivity index (χ1v) is 13.0. The summed E-state index contributed by atoms with van der Waals surface area (Å²) < 4.78 is 36.1. The fraction of sp³-hybridized carbons (Fsp3) is 0.357. The van der Waals surface area contributed by atoms with Gasteiger partial charge in [-0.3, -0.25) is 14.5 Å². The first kappa shape index (κ1) is 25.2. The molecule has 0 saturated carbocycles. The second kappa shape index (κ2) is 10.2. The Hall–Kier alpha value is -4.12. The number of benzene rings is 1. The Morgan fingerprint density at radius 3 is 2.64 bits per heavy atom. The van der Waals surface area contributed by atoms with Gasteiger partial charge in [0.25, 0.3) is 0 Å². The summed E-state index contributed by atoms with van der Waals surface area (Å²) in [6.07, 6.45) is 1.80. The summed E-state index contributed by atoms with van der Waals surface area (Å²) in [5.74, 6) is -2.42. The highest BCUT2D eigenvalue weighted by molar-refractivity contribution is 5.70. The van der Waals surface area contributed by atoms with E-state index in [0.717, 1.165) is 11.6 Å². The number of hydrogen-bond acceptors (Lipinski definition) is 6. The SMILES string of the molecule is O=C(O[C@H]1c2ncccc2C[C@H](c2cccc(F)c2F)C[C@H]1O)N1CCC(n2c(=O)[nH]c3ncccc32)CC1. The number of aromatic amines is 1. The number of aliphatic hydroxyl groups excluding tert-OH is 1. The zero-order valence-electron chi connectivity index (χ0n) is 21.0. The molecule has 3 aromatic heterocycles. The van der Waals surface area contributed by atoms with Crippen molar-refractivity contribution in [3.8, 4) is 0 Å². The molecule has 4 heterocycles. The number of imidazole rings is 1. The number of halogens is 2. The van der Waals surface area contributed by atoms with E-state index >= 15 is 0 Å². The van der Waals surface area contributed by atoms with E-state index < -0.39 is 35.9 Å². The van der Waals surface area contributed by atoms with Crippen LogP contribution in [0.1, 0.15) is 54.1 Å². The summed E-state index contributed by atoms with van der Waals surface area (Å²) in [6.45, 7) is 0.718. The molecule has 202 valence electrons. The maximum absolute atomic E-state index is 14.6. The molecule has 0 unspecified atom stereocenters. The first-order valence-electron chi connectivity index (χ1n) is 13.0. The van der Waals surface area contributed by atoms with Crippen LogP contribution in [0.4, 0.5) is 13.6 Å². The number of pyridine rings is 2. The maximum Gasteiger partial charge on any atom is 0.410 e. The van der Waals surface area contributed by atoms with Crippen molar-refractivity contribution in [3.63, 3.8) is 0 Å². The van der Waals surface area contributed by atoms with E-state index in [2.05, 4.69) is 15.0 Å². The molecule has 0 radical (unpaired) electrons. The molecule has 2 N–H and O–H groups in total. The van der Waals surface area contributed by atoms with Crippen LogP contribution in [0.25, 0.3) is 11.2 Å². The number of nitrogens with one attached hydrogen (secondary N) is 1. The molecule has 1 aliphatic carbocycles. The van der Waals surface area contributed by atoms with Gasteiger partial charge in [-0.2, -0.15) is 0 Å². The number of fused-ring (bicyclic) bond motifs is 2. The third kappa shape index (κ3) is 4.67. The Morgan fingerprint density at radius 1 is 1.05 bits per heavy atom. The molecule has 9 nitrogen and oxygen atoms in total. The average Bonchev–Trinajstić information content (AvgIpc) is 3.21. The molecule has 1 fully saturated rings. The number of aromatic nitrogens is 4. The molecule has 6 rings (SSSR count). The summed E-state index contributed by atoms with van der Waals surface area (Å²) in [5.41, 5.74) is 2.28. The molecule has 4 aromatic rings. The Balaban J connectivity index is 1.18. The number of H-pyrrole nitrogens is 1. The third-order valence-electron chi connectivity index (χ3n) is 7.76. The highest BCUT2D eigenvalue weighted by atomic mass is 19.2. The second-order valence-electron chi connectivity index (χ2n) is 10.1. The van der Waals surface area contributed by atoms with Crippen molar-refractivity contribution in [2.24, 2.45) is 0 Å². The Bertz CT molecular complexity index is 1580. The third-order valence-corrected chi connectivity index (χ3v) is 7.76. The molecule has 1 aliphatic heterocycles. The summed E-state index contributed by atoms with van der Waals surface area (Å²) in [5, 5.41) is 11.1. The lowest BCUT2D eigenvalue weighted by Gasteiger charge is -2.33. The van der Waals surface area contributed by atoms with Gasteiger partial charge in [0.15, 0.2) is 23.4 Å². The van der Waals surface area contributed by atoms with Crippen LogP contribution in [-0.2, 0) is 11.2 Å². The number of carbonyl (C=O) groups excluding carboxylic acids is 1. The van der Waals surface area contributed by atoms with Crippen LogP contribution in [0.5, 0.6) is 0 Å². The molecule has 11 heteroatoms. The second-order valence-corrected chi connectivity index (χ2v) is 10.1. The molecular formula is C28H27F2N5O4. The van der Waals surface area contributed by atoms with Gasteiger partial charge in [-0.1, -0.05) is 18.2 Å². The van der Waals surface area contributed by atoms with Gasteiger partial charge in [0.05, 0.1) is 17.3 Å². The van der Waals surface area contributed by atoms with E-state index in [1.807, 2.05) is 6.07 Å². The summed E-state index contributed by atoms with van der Waals surface area (Å²) in [4.78, 5) is 38.7. The number of amides is 1. The van der Waals surface area contributed by atoms with Crippen LogP contribution in [0.2, 0.25) is 0 Å². The van der Waals surface area contributed by atoms with Crippen molar-refractivity contribution >= 4 is 17.3 Å². The molecule has 1 amide bonds. The quantitative estimate of drug-likeness (QED) is 0.384. The Kier molecular flexibility index (Phi) is 6.59. The minimum Gasteiger partial charge on any atom is -0.437 e. The molecule has 2 aliphatic rings. The van der Waals surface area contributed by atoms with E-state index in [4.69, 9.17) is 4.74 Å². The topological polar surface area (TPSA) is 113 Å². The van der Waals surface area contributed by atoms with E-state index in [1.54, 1.807) is 40.1 Å². The van der Waals surface area contributed by atoms with E-state index in [1.165, 1.54) is 12.1 Å². The number of piperidine rings is 1. The number of ether oxygens (including phenoxy) is 1. The minimum atomic E-state index is -1.17. The summed E-state index contributed by atoms with van der Waals surface area (Å²) in [6, 6.07) is 11.0. The number of rotatable bonds is 3. The van der Waals surface area contributed by atoms with E-state index in [0.29, 0.717) is 49.3 Å². The highest BCUT2D eigenvalue weighted by Gasteiger charge is 2.37. The normalized spacial score (nSPS) is 21.9. The van der Waals surface area contributed by atoms with Gasteiger partial charge < -0.3 is 14.7 Å². The molecule has 1 aromatic carbocycles. The van der Waals surface area contributed by atoms with Crippen molar-refractivity contribution in [2.45, 2.75) is 49.9 Å². The van der Waals surface area contributed by atoms with Crippen LogP contribution in [0.15, 0.2) is 59.7 Å². The number of hydrogen-bond donors (Lipinski definition) is 2. The molecule has 0 bridgehead atoms. The minimum absolute atomic E-state index is 0.0638. The summed E-state index contributed by atoms with van der Waals surface area (Å²) >= 11 is 0. The number of nitrogens with zero attached hydrogens (tertiary/aromatic N) is 4. The molecule has 1 saturated heterocycles. The van der Waals surface area contributed by atoms with Crippen molar-refractivity contribution < 1.29 is 23.4 Å². The van der Waals surface area contributed by atoms with Gasteiger partial charge >= 0.3 is 11.8 Å². The van der Waals surface area contributed by atoms with Crippen molar-refractivity contribution in [2.75, 3.05) is 13.1 Å². The smallest absolute Gasteiger partial charge is 0.410 e. The largest absolute Gasteiger partial charge is 0.437 e. The van der Waals surface area contributed by atoms with Crippen LogP contribution in [0.3, 0.4) is 0 Å². The summed E-state index contributed by atoms with van der Waals surface area (Å²) in [7, 11) is 0. The van der Waals surface area contributed by atoms with Crippen LogP contribution >= 0.6 is 0 Å². The lowest BCUT2D eigenvalue weighted by molar-refractivity contribution is -0.0218. The van der Waals surface area contributed by atoms with Crippen molar-refractivity contribution in [1.82, 2.24) is 24.4 Å². The predicted molar refractivity (Wildman–Crippen MR) is 137 cm³/mol. The van der Waals surface area contributed by atoms with Crippen LogP contribution in [-0.4, -0.2) is 54.8 Å². The Morgan fingerprint density at radius 2 is 1.82 bits per heavy atom. The van der Waals surface area contributed by atoms with Gasteiger partial charge in [-0.25, -0.2) is 23.4 Å². The number of likely N-dealkylation sites (tertiary alicyclic amines) is 1. The van der Waals surface area contributed by atoms with Gasteiger partial charge in [-0.15, -0.1) is 0 Å². The van der Waals surface area contributed by atoms with E-state index in [-0.39, 0.29) is 23.7 Å². The molecular weight excluding hydrogens is 508 g/mol. The average molecular weight is 536 g/mol. The highest BCUT2D eigenvalue weighted by Crippen LogP contribution is 2.39. The van der Waals surface area contributed by atoms with Crippen molar-refractivity contribution in [1.29, 1.82) is 0 Å². The zero-order chi connectivity index (χ0) is 27.1. The molecule has 0 spiro atoms. The molecule has 3 atom stereocenters. The maximum atomic E-state index is 14.6. The van der Waals surface area contributed by atoms with Gasteiger partial charge in [-0.05, 0) is 67.0 Å². The fourth-order valence-electron chi connectivity index (χ4n) is 5.84. The van der Waals surface area contributed by atoms with E-state index in [9.17, 15) is 23.5 Å². The molecule has 39 heavy (non-hydrogen) atoms. The van der Waals surface area contributed by atoms with Crippen LogP contribution < -0.4 is 5.69 Å². The monoisotopic (exact) mass is 535 g/mol. The first-order chi connectivity index (χ1) is 18.9. The fourth-order valence-corrected chi connectivity index (χ4v) is 5.84. The van der Waals surface area contributed by atoms with Crippen molar-refractivity contribution in [3.05, 3.63) is 93.8 Å². The van der Waals surface area contributed by atoms with Gasteiger partial charge in [0.2, 0.25) is 0 Å². The lowest BCUT2D eigenvalue weighted by Crippen LogP contribution is -2.42.